The molecule has 1 nitrogen and oxygen atoms in total. The Labute approximate surface area is 70.3 Å². The van der Waals surface area contributed by atoms with Gasteiger partial charge in [-0.3, -0.25) is 0 Å². The van der Waals surface area contributed by atoms with Gasteiger partial charge in [-0.2, -0.15) is 0 Å². The Morgan fingerprint density at radius 1 is 1.40 bits per heavy atom. The maximum absolute atomic E-state index is 5.71. The molecule has 2 fully saturated rings. The maximum Gasteiger partial charge on any atom is 0.0654 e. The van der Waals surface area contributed by atoms with E-state index in [0.29, 0.717) is 12.2 Å². The summed E-state index contributed by atoms with van der Waals surface area (Å²) in [5.41, 5.74) is 0. The summed E-state index contributed by atoms with van der Waals surface area (Å²) in [6, 6.07) is 0. The standard InChI is InChI=1S/C8H13BrO/c1-4-3-6-7(9)5(2)8(6)10-4/h4-8H,3H2,1-2H3/t4-,5?,6?,7?,8+/m1/s1. The highest BCUT2D eigenvalue weighted by molar-refractivity contribution is 9.09. The van der Waals surface area contributed by atoms with E-state index < -0.39 is 0 Å². The summed E-state index contributed by atoms with van der Waals surface area (Å²) in [4.78, 5) is 0.724. The van der Waals surface area contributed by atoms with Gasteiger partial charge in [0.1, 0.15) is 0 Å². The van der Waals surface area contributed by atoms with E-state index in [1.165, 1.54) is 6.42 Å². The molecule has 0 amide bonds. The van der Waals surface area contributed by atoms with Crippen LogP contribution in [0.15, 0.2) is 0 Å². The minimum Gasteiger partial charge on any atom is -0.375 e. The van der Waals surface area contributed by atoms with Crippen LogP contribution >= 0.6 is 15.9 Å². The van der Waals surface area contributed by atoms with E-state index in [2.05, 4.69) is 29.8 Å². The molecule has 0 aromatic carbocycles. The first-order valence-corrected chi connectivity index (χ1v) is 4.91. The number of hydrogen-bond acceptors (Lipinski definition) is 1. The Balaban J connectivity index is 2.04. The lowest BCUT2D eigenvalue weighted by Gasteiger charge is -2.42. The largest absolute Gasteiger partial charge is 0.375 e. The van der Waals surface area contributed by atoms with Crippen molar-refractivity contribution in [1.29, 1.82) is 0 Å². The number of fused-ring (bicyclic) bond motifs is 1. The molecule has 0 aromatic heterocycles. The average Bonchev–Trinajstić information content (AvgIpc) is 2.27. The molecule has 1 heterocycles. The van der Waals surface area contributed by atoms with Crippen LogP contribution < -0.4 is 0 Å². The lowest BCUT2D eigenvalue weighted by molar-refractivity contribution is -0.0337. The van der Waals surface area contributed by atoms with Crippen molar-refractivity contribution >= 4 is 15.9 Å². The van der Waals surface area contributed by atoms with Crippen molar-refractivity contribution in [3.05, 3.63) is 0 Å². The van der Waals surface area contributed by atoms with E-state index in [-0.39, 0.29) is 0 Å². The number of halogens is 1. The second kappa shape index (κ2) is 2.21. The normalized spacial score (nSPS) is 59.7. The third kappa shape index (κ3) is 0.782. The van der Waals surface area contributed by atoms with Gasteiger partial charge in [-0.05, 0) is 19.3 Å². The molecular weight excluding hydrogens is 192 g/mol. The number of hydrogen-bond donors (Lipinski definition) is 0. The van der Waals surface area contributed by atoms with Gasteiger partial charge in [0.2, 0.25) is 0 Å². The molecule has 0 aromatic rings. The molecule has 0 bridgehead atoms. The van der Waals surface area contributed by atoms with Gasteiger partial charge in [-0.1, -0.05) is 22.9 Å². The number of alkyl halides is 1. The summed E-state index contributed by atoms with van der Waals surface area (Å²) < 4.78 is 5.71. The summed E-state index contributed by atoms with van der Waals surface area (Å²) in [5.74, 6) is 1.54. The average molecular weight is 205 g/mol. The fraction of sp³-hybridized carbons (Fsp3) is 1.00. The first-order chi connectivity index (χ1) is 4.70. The third-order valence-corrected chi connectivity index (χ3v) is 4.36. The van der Waals surface area contributed by atoms with Gasteiger partial charge in [0.25, 0.3) is 0 Å². The first kappa shape index (κ1) is 7.11. The molecule has 3 unspecified atom stereocenters. The van der Waals surface area contributed by atoms with Gasteiger partial charge < -0.3 is 4.74 Å². The van der Waals surface area contributed by atoms with E-state index in [1.54, 1.807) is 0 Å². The smallest absolute Gasteiger partial charge is 0.0654 e. The van der Waals surface area contributed by atoms with Crippen LogP contribution in [0.5, 0.6) is 0 Å². The Hall–Kier alpha value is 0.440. The van der Waals surface area contributed by atoms with Crippen molar-refractivity contribution in [2.45, 2.75) is 37.3 Å². The summed E-state index contributed by atoms with van der Waals surface area (Å²) in [7, 11) is 0. The van der Waals surface area contributed by atoms with Gasteiger partial charge in [0.15, 0.2) is 0 Å². The fourth-order valence-corrected chi connectivity index (χ4v) is 3.01. The highest BCUT2D eigenvalue weighted by atomic mass is 79.9. The molecule has 58 valence electrons. The molecule has 10 heavy (non-hydrogen) atoms. The van der Waals surface area contributed by atoms with Gasteiger partial charge in [-0.25, -0.2) is 0 Å². The quantitative estimate of drug-likeness (QED) is 0.551. The second-order valence-electron chi connectivity index (χ2n) is 3.61. The van der Waals surface area contributed by atoms with E-state index >= 15 is 0 Å². The lowest BCUT2D eigenvalue weighted by Crippen LogP contribution is -2.48. The topological polar surface area (TPSA) is 9.23 Å². The zero-order valence-electron chi connectivity index (χ0n) is 6.38. The summed E-state index contributed by atoms with van der Waals surface area (Å²) >= 11 is 3.68. The summed E-state index contributed by atoms with van der Waals surface area (Å²) in [5, 5.41) is 0. The number of rotatable bonds is 0. The molecule has 1 saturated carbocycles. The highest BCUT2D eigenvalue weighted by Gasteiger charge is 2.52. The highest BCUT2D eigenvalue weighted by Crippen LogP contribution is 2.49. The minimum atomic E-state index is 0.500. The molecule has 1 aliphatic carbocycles. The van der Waals surface area contributed by atoms with Crippen LogP contribution in [0.25, 0.3) is 0 Å². The Kier molecular flexibility index (Phi) is 1.57. The van der Waals surface area contributed by atoms with E-state index in [4.69, 9.17) is 4.74 Å². The van der Waals surface area contributed by atoms with E-state index in [9.17, 15) is 0 Å². The Morgan fingerprint density at radius 3 is 2.70 bits per heavy atom. The molecule has 2 aliphatic rings. The van der Waals surface area contributed by atoms with Gasteiger partial charge in [0.05, 0.1) is 12.2 Å². The molecule has 2 heteroatoms. The first-order valence-electron chi connectivity index (χ1n) is 3.99. The van der Waals surface area contributed by atoms with Crippen LogP contribution in [0.2, 0.25) is 0 Å². The molecule has 1 saturated heterocycles. The van der Waals surface area contributed by atoms with Crippen molar-refractivity contribution < 1.29 is 4.74 Å². The fourth-order valence-electron chi connectivity index (χ4n) is 2.19. The molecule has 0 spiro atoms. The van der Waals surface area contributed by atoms with Crippen molar-refractivity contribution in [3.63, 3.8) is 0 Å². The zero-order valence-corrected chi connectivity index (χ0v) is 7.97. The molecule has 2 rings (SSSR count). The molecule has 0 N–H and O–H groups in total. The van der Waals surface area contributed by atoms with Gasteiger partial charge in [-0.15, -0.1) is 0 Å². The van der Waals surface area contributed by atoms with Crippen LogP contribution in [0.4, 0.5) is 0 Å². The Morgan fingerprint density at radius 2 is 2.10 bits per heavy atom. The van der Waals surface area contributed by atoms with Crippen molar-refractivity contribution in [2.75, 3.05) is 0 Å². The summed E-state index contributed by atoms with van der Waals surface area (Å²) in [6.45, 7) is 4.43. The second-order valence-corrected chi connectivity index (χ2v) is 4.67. The molecular formula is C8H13BrO. The van der Waals surface area contributed by atoms with Crippen LogP contribution in [-0.2, 0) is 4.74 Å². The summed E-state index contributed by atoms with van der Waals surface area (Å²) in [6.07, 6.45) is 2.32. The van der Waals surface area contributed by atoms with Crippen LogP contribution in [0, 0.1) is 11.8 Å². The monoisotopic (exact) mass is 204 g/mol. The minimum absolute atomic E-state index is 0.500. The van der Waals surface area contributed by atoms with Crippen LogP contribution in [-0.4, -0.2) is 17.0 Å². The predicted molar refractivity (Wildman–Crippen MR) is 44.3 cm³/mol. The maximum atomic E-state index is 5.71. The van der Waals surface area contributed by atoms with E-state index in [1.807, 2.05) is 0 Å². The molecule has 0 radical (unpaired) electrons. The molecule has 1 aliphatic heterocycles. The predicted octanol–water partition coefficient (Wildman–Crippen LogP) is 2.19. The Bertz CT molecular complexity index is 132. The zero-order chi connectivity index (χ0) is 7.30. The SMILES string of the molecule is CC1C(Br)C2C[C@@H](C)O[C@@H]12. The van der Waals surface area contributed by atoms with Crippen molar-refractivity contribution in [2.24, 2.45) is 11.8 Å². The van der Waals surface area contributed by atoms with E-state index in [0.717, 1.165) is 16.7 Å². The van der Waals surface area contributed by atoms with Gasteiger partial charge in [0, 0.05) is 10.7 Å². The van der Waals surface area contributed by atoms with Crippen molar-refractivity contribution in [3.8, 4) is 0 Å². The van der Waals surface area contributed by atoms with Crippen LogP contribution in [0.1, 0.15) is 20.3 Å². The molecule has 5 atom stereocenters. The van der Waals surface area contributed by atoms with Crippen LogP contribution in [0.3, 0.4) is 0 Å². The third-order valence-electron chi connectivity index (χ3n) is 2.85. The number of ether oxygens (including phenoxy) is 1. The lowest BCUT2D eigenvalue weighted by atomic mass is 9.72. The van der Waals surface area contributed by atoms with Crippen molar-refractivity contribution in [1.82, 2.24) is 0 Å². The van der Waals surface area contributed by atoms with Gasteiger partial charge >= 0.3 is 0 Å².